The molecular formula is C22H30IN7O. The van der Waals surface area contributed by atoms with E-state index < -0.39 is 0 Å². The molecule has 1 aliphatic rings. The normalized spacial score (nSPS) is 15.0. The average molecular weight is 535 g/mol. The Balaban J connectivity index is 0.00000272. The Morgan fingerprint density at radius 3 is 2.74 bits per heavy atom. The van der Waals surface area contributed by atoms with Gasteiger partial charge >= 0.3 is 0 Å². The maximum atomic E-state index is 5.33. The van der Waals surface area contributed by atoms with Crippen LogP contribution < -0.4 is 5.32 Å². The summed E-state index contributed by atoms with van der Waals surface area (Å²) in [6, 6.07) is 12.4. The number of benzene rings is 1. The first-order valence-electron chi connectivity index (χ1n) is 10.4. The topological polar surface area (TPSA) is 85.6 Å². The molecule has 3 heterocycles. The van der Waals surface area contributed by atoms with Crippen LogP contribution in [0, 0.1) is 6.92 Å². The summed E-state index contributed by atoms with van der Waals surface area (Å²) in [6.07, 6.45) is 2.36. The van der Waals surface area contributed by atoms with E-state index in [1.165, 1.54) is 11.1 Å². The largest absolute Gasteiger partial charge is 0.461 e. The lowest BCUT2D eigenvalue weighted by atomic mass is 10.1. The molecule has 8 nitrogen and oxygen atoms in total. The first kappa shape index (κ1) is 23.3. The fraction of sp³-hybridized carbons (Fsp3) is 0.409. The molecule has 3 aromatic rings. The first-order valence-corrected chi connectivity index (χ1v) is 10.4. The molecule has 0 amide bonds. The SMILES string of the molecule is CN=C(NCCc1nc(-c2ccco2)n[nH]1)N1CCN(Cc2cccc(C)c2)CC1.I. The van der Waals surface area contributed by atoms with Crippen LogP contribution in [0.15, 0.2) is 52.1 Å². The average Bonchev–Trinajstić information content (AvgIpc) is 3.44. The van der Waals surface area contributed by atoms with Crippen LogP contribution in [-0.4, -0.2) is 70.7 Å². The third kappa shape index (κ3) is 6.30. The number of H-pyrrole nitrogens is 1. The van der Waals surface area contributed by atoms with Gasteiger partial charge in [-0.05, 0) is 24.6 Å². The molecule has 4 rings (SSSR count). The minimum atomic E-state index is 0. The van der Waals surface area contributed by atoms with Gasteiger partial charge in [0.05, 0.1) is 6.26 Å². The highest BCUT2D eigenvalue weighted by Gasteiger charge is 2.19. The summed E-state index contributed by atoms with van der Waals surface area (Å²) in [5.74, 6) is 3.03. The van der Waals surface area contributed by atoms with Crippen molar-refractivity contribution in [2.45, 2.75) is 19.9 Å². The zero-order valence-corrected chi connectivity index (χ0v) is 20.4. The second kappa shape index (κ2) is 11.3. The van der Waals surface area contributed by atoms with Crippen molar-refractivity contribution in [1.82, 2.24) is 30.3 Å². The van der Waals surface area contributed by atoms with Crippen LogP contribution in [0.1, 0.15) is 17.0 Å². The van der Waals surface area contributed by atoms with E-state index in [1.807, 2.05) is 19.2 Å². The van der Waals surface area contributed by atoms with Gasteiger partial charge in [0.25, 0.3) is 0 Å². The summed E-state index contributed by atoms with van der Waals surface area (Å²) >= 11 is 0. The van der Waals surface area contributed by atoms with E-state index in [-0.39, 0.29) is 24.0 Å². The summed E-state index contributed by atoms with van der Waals surface area (Å²) in [5.41, 5.74) is 2.70. The van der Waals surface area contributed by atoms with Gasteiger partial charge in [-0.3, -0.25) is 15.0 Å². The lowest BCUT2D eigenvalue weighted by Crippen LogP contribution is -2.52. The molecule has 31 heavy (non-hydrogen) atoms. The van der Waals surface area contributed by atoms with Gasteiger partial charge in [-0.15, -0.1) is 24.0 Å². The number of aromatic amines is 1. The number of hydrogen-bond acceptors (Lipinski definition) is 5. The number of aromatic nitrogens is 3. The zero-order valence-electron chi connectivity index (χ0n) is 18.0. The Morgan fingerprint density at radius 1 is 1.19 bits per heavy atom. The summed E-state index contributed by atoms with van der Waals surface area (Å²) in [6.45, 7) is 7.89. The van der Waals surface area contributed by atoms with Crippen molar-refractivity contribution in [3.63, 3.8) is 0 Å². The number of nitrogens with zero attached hydrogens (tertiary/aromatic N) is 5. The highest BCUT2D eigenvalue weighted by atomic mass is 127. The van der Waals surface area contributed by atoms with Crippen LogP contribution in [0.5, 0.6) is 0 Å². The van der Waals surface area contributed by atoms with Crippen molar-refractivity contribution < 1.29 is 4.42 Å². The third-order valence-electron chi connectivity index (χ3n) is 5.29. The van der Waals surface area contributed by atoms with Crippen LogP contribution in [0.4, 0.5) is 0 Å². The fourth-order valence-corrected chi connectivity index (χ4v) is 3.73. The number of aryl methyl sites for hydroxylation is 1. The summed E-state index contributed by atoms with van der Waals surface area (Å²) in [7, 11) is 1.84. The molecule has 1 saturated heterocycles. The van der Waals surface area contributed by atoms with Gasteiger partial charge in [0.1, 0.15) is 5.82 Å². The number of rotatable bonds is 6. The minimum Gasteiger partial charge on any atom is -0.461 e. The highest BCUT2D eigenvalue weighted by molar-refractivity contribution is 14.0. The van der Waals surface area contributed by atoms with E-state index in [0.717, 1.165) is 57.5 Å². The molecule has 0 bridgehead atoms. The van der Waals surface area contributed by atoms with Crippen molar-refractivity contribution in [3.8, 4) is 11.6 Å². The van der Waals surface area contributed by atoms with E-state index in [1.54, 1.807) is 6.26 Å². The minimum absolute atomic E-state index is 0. The molecular weight excluding hydrogens is 505 g/mol. The molecule has 0 atom stereocenters. The van der Waals surface area contributed by atoms with Crippen LogP contribution >= 0.6 is 24.0 Å². The number of guanidine groups is 1. The third-order valence-corrected chi connectivity index (χ3v) is 5.29. The molecule has 0 saturated carbocycles. The van der Waals surface area contributed by atoms with Crippen LogP contribution in [0.2, 0.25) is 0 Å². The second-order valence-electron chi connectivity index (χ2n) is 7.56. The maximum absolute atomic E-state index is 5.33. The number of hydrogen-bond donors (Lipinski definition) is 2. The van der Waals surface area contributed by atoms with Crippen molar-refractivity contribution in [2.75, 3.05) is 39.8 Å². The lowest BCUT2D eigenvalue weighted by Gasteiger charge is -2.36. The zero-order chi connectivity index (χ0) is 20.8. The summed E-state index contributed by atoms with van der Waals surface area (Å²) < 4.78 is 5.33. The Morgan fingerprint density at radius 2 is 2.03 bits per heavy atom. The molecule has 2 N–H and O–H groups in total. The van der Waals surface area contributed by atoms with Crippen molar-refractivity contribution in [3.05, 3.63) is 59.6 Å². The molecule has 0 aliphatic carbocycles. The number of furan rings is 1. The molecule has 0 unspecified atom stereocenters. The Labute approximate surface area is 200 Å². The highest BCUT2D eigenvalue weighted by Crippen LogP contribution is 2.14. The standard InChI is InChI=1S/C22H29N7O.HI/c1-17-5-3-6-18(15-17)16-28-10-12-29(13-11-28)22(23-2)24-9-8-20-25-21(27-26-20)19-7-4-14-30-19;/h3-7,14-15H,8-13,16H2,1-2H3,(H,23,24)(H,25,26,27);1H. The quantitative estimate of drug-likeness (QED) is 0.287. The van der Waals surface area contributed by atoms with Gasteiger partial charge < -0.3 is 14.6 Å². The monoisotopic (exact) mass is 535 g/mol. The van der Waals surface area contributed by atoms with Crippen LogP contribution in [0.3, 0.4) is 0 Å². The molecule has 0 radical (unpaired) electrons. The second-order valence-corrected chi connectivity index (χ2v) is 7.56. The predicted molar refractivity (Wildman–Crippen MR) is 133 cm³/mol. The van der Waals surface area contributed by atoms with E-state index in [0.29, 0.717) is 11.6 Å². The van der Waals surface area contributed by atoms with E-state index in [4.69, 9.17) is 4.42 Å². The first-order chi connectivity index (χ1) is 14.7. The molecule has 1 aliphatic heterocycles. The van der Waals surface area contributed by atoms with Gasteiger partial charge in [0.15, 0.2) is 11.7 Å². The number of nitrogens with one attached hydrogen (secondary N) is 2. The molecule has 9 heteroatoms. The van der Waals surface area contributed by atoms with Crippen molar-refractivity contribution in [2.24, 2.45) is 4.99 Å². The molecule has 1 fully saturated rings. The fourth-order valence-electron chi connectivity index (χ4n) is 3.73. The summed E-state index contributed by atoms with van der Waals surface area (Å²) in [4.78, 5) is 13.8. The smallest absolute Gasteiger partial charge is 0.216 e. The van der Waals surface area contributed by atoms with Crippen molar-refractivity contribution in [1.29, 1.82) is 0 Å². The maximum Gasteiger partial charge on any atom is 0.216 e. The molecule has 0 spiro atoms. The number of halogens is 1. The Bertz CT molecular complexity index is 962. The van der Waals surface area contributed by atoms with Crippen LogP contribution in [0.25, 0.3) is 11.6 Å². The van der Waals surface area contributed by atoms with Gasteiger partial charge in [-0.2, -0.15) is 5.10 Å². The molecule has 1 aromatic carbocycles. The summed E-state index contributed by atoms with van der Waals surface area (Å²) in [5, 5.41) is 10.6. The molecule has 166 valence electrons. The molecule has 2 aromatic heterocycles. The van der Waals surface area contributed by atoms with Gasteiger partial charge in [-0.1, -0.05) is 29.8 Å². The number of aliphatic imine (C=N–C) groups is 1. The Kier molecular flexibility index (Phi) is 8.47. The Hall–Kier alpha value is -2.40. The van der Waals surface area contributed by atoms with E-state index >= 15 is 0 Å². The van der Waals surface area contributed by atoms with E-state index in [2.05, 4.69) is 66.5 Å². The van der Waals surface area contributed by atoms with Gasteiger partial charge in [0, 0.05) is 52.7 Å². The van der Waals surface area contributed by atoms with E-state index in [9.17, 15) is 0 Å². The van der Waals surface area contributed by atoms with Crippen LogP contribution in [-0.2, 0) is 13.0 Å². The van der Waals surface area contributed by atoms with Gasteiger partial charge in [0.2, 0.25) is 5.82 Å². The predicted octanol–water partition coefficient (Wildman–Crippen LogP) is 2.93. The van der Waals surface area contributed by atoms with Gasteiger partial charge in [-0.25, -0.2) is 4.98 Å². The number of piperazine rings is 1. The van der Waals surface area contributed by atoms with Crippen molar-refractivity contribution >= 4 is 29.9 Å². The lowest BCUT2D eigenvalue weighted by molar-refractivity contribution is 0.172.